The third kappa shape index (κ3) is 3.06. The van der Waals surface area contributed by atoms with E-state index in [-0.39, 0.29) is 17.4 Å². The SMILES string of the molecule is CCN=C(NC1CCCC1C#N)NC1C2CCCOC2C1(C)C. The Balaban J connectivity index is 1.66. The first-order chi connectivity index (χ1) is 11.1. The second-order valence-electron chi connectivity index (χ2n) is 7.78. The van der Waals surface area contributed by atoms with Crippen molar-refractivity contribution in [3.05, 3.63) is 0 Å². The van der Waals surface area contributed by atoms with Crippen LogP contribution in [0, 0.1) is 28.6 Å². The smallest absolute Gasteiger partial charge is 0.191 e. The molecule has 0 aromatic heterocycles. The van der Waals surface area contributed by atoms with Crippen molar-refractivity contribution in [1.29, 1.82) is 5.26 Å². The molecule has 1 saturated heterocycles. The van der Waals surface area contributed by atoms with Gasteiger partial charge in [-0.25, -0.2) is 0 Å². The highest BCUT2D eigenvalue weighted by atomic mass is 16.5. The molecular formula is C18H30N4O. The van der Waals surface area contributed by atoms with Gasteiger partial charge in [0, 0.05) is 36.6 Å². The summed E-state index contributed by atoms with van der Waals surface area (Å²) in [5.41, 5.74) is 0.131. The summed E-state index contributed by atoms with van der Waals surface area (Å²) >= 11 is 0. The van der Waals surface area contributed by atoms with E-state index < -0.39 is 0 Å². The predicted molar refractivity (Wildman–Crippen MR) is 91.0 cm³/mol. The molecule has 128 valence electrons. The first-order valence-corrected chi connectivity index (χ1v) is 9.16. The zero-order valence-corrected chi connectivity index (χ0v) is 14.6. The predicted octanol–water partition coefficient (Wildman–Crippen LogP) is 2.44. The van der Waals surface area contributed by atoms with E-state index in [4.69, 9.17) is 4.74 Å². The number of hydrogen-bond donors (Lipinski definition) is 2. The maximum absolute atomic E-state index is 9.29. The lowest BCUT2D eigenvalue weighted by Crippen LogP contribution is -2.71. The van der Waals surface area contributed by atoms with Gasteiger partial charge in [-0.05, 0) is 39.0 Å². The van der Waals surface area contributed by atoms with Gasteiger partial charge in [0.2, 0.25) is 0 Å². The lowest BCUT2D eigenvalue weighted by molar-refractivity contribution is -0.188. The molecule has 5 unspecified atom stereocenters. The lowest BCUT2D eigenvalue weighted by Gasteiger charge is -2.60. The minimum absolute atomic E-state index is 0.110. The van der Waals surface area contributed by atoms with Crippen LogP contribution in [0.5, 0.6) is 0 Å². The number of nitrogens with zero attached hydrogens (tertiary/aromatic N) is 2. The molecule has 0 spiro atoms. The molecule has 5 nitrogen and oxygen atoms in total. The van der Waals surface area contributed by atoms with Gasteiger partial charge in [-0.3, -0.25) is 4.99 Å². The first kappa shape index (κ1) is 16.6. The maximum Gasteiger partial charge on any atom is 0.191 e. The van der Waals surface area contributed by atoms with E-state index in [0.717, 1.165) is 44.8 Å². The minimum atomic E-state index is 0.110. The van der Waals surface area contributed by atoms with Crippen molar-refractivity contribution in [1.82, 2.24) is 10.6 Å². The van der Waals surface area contributed by atoms with E-state index in [1.54, 1.807) is 0 Å². The van der Waals surface area contributed by atoms with Crippen molar-refractivity contribution in [2.75, 3.05) is 13.2 Å². The molecule has 2 saturated carbocycles. The Morgan fingerprint density at radius 2 is 2.09 bits per heavy atom. The van der Waals surface area contributed by atoms with Gasteiger partial charge in [0.25, 0.3) is 0 Å². The number of ether oxygens (including phenoxy) is 1. The Kier molecular flexibility index (Phi) is 4.82. The number of nitriles is 1. The Morgan fingerprint density at radius 3 is 2.83 bits per heavy atom. The Bertz CT molecular complexity index is 496. The van der Waals surface area contributed by atoms with Crippen LogP contribution in [0.1, 0.15) is 52.9 Å². The number of nitrogens with one attached hydrogen (secondary N) is 2. The van der Waals surface area contributed by atoms with Gasteiger partial charge in [-0.1, -0.05) is 13.8 Å². The van der Waals surface area contributed by atoms with Gasteiger partial charge in [-0.2, -0.15) is 5.26 Å². The minimum Gasteiger partial charge on any atom is -0.377 e. The van der Waals surface area contributed by atoms with Crippen molar-refractivity contribution in [2.24, 2.45) is 22.2 Å². The molecule has 3 aliphatic rings. The molecule has 0 aromatic carbocycles. The van der Waals surface area contributed by atoms with Crippen molar-refractivity contribution < 1.29 is 4.74 Å². The molecule has 5 atom stereocenters. The second-order valence-corrected chi connectivity index (χ2v) is 7.78. The lowest BCUT2D eigenvalue weighted by atomic mass is 9.55. The van der Waals surface area contributed by atoms with E-state index in [2.05, 4.69) is 42.5 Å². The molecule has 3 rings (SSSR count). The summed E-state index contributed by atoms with van der Waals surface area (Å²) in [5, 5.41) is 16.5. The van der Waals surface area contributed by atoms with Gasteiger partial charge in [0.05, 0.1) is 18.1 Å². The molecule has 1 aliphatic heterocycles. The summed E-state index contributed by atoms with van der Waals surface area (Å²) in [4.78, 5) is 4.63. The van der Waals surface area contributed by atoms with Gasteiger partial charge in [-0.15, -0.1) is 0 Å². The topological polar surface area (TPSA) is 69.4 Å². The molecule has 2 aliphatic carbocycles. The molecule has 1 heterocycles. The van der Waals surface area contributed by atoms with Crippen LogP contribution in [-0.4, -0.2) is 37.3 Å². The summed E-state index contributed by atoms with van der Waals surface area (Å²) in [6, 6.07) is 3.07. The number of aliphatic imine (C=N–C) groups is 1. The summed E-state index contributed by atoms with van der Waals surface area (Å²) in [5.74, 6) is 1.57. The van der Waals surface area contributed by atoms with Gasteiger partial charge in [0.1, 0.15) is 0 Å². The van der Waals surface area contributed by atoms with Gasteiger partial charge >= 0.3 is 0 Å². The second kappa shape index (κ2) is 6.68. The van der Waals surface area contributed by atoms with Crippen molar-refractivity contribution in [3.63, 3.8) is 0 Å². The van der Waals surface area contributed by atoms with Crippen LogP contribution in [0.15, 0.2) is 4.99 Å². The normalized spacial score (nSPS) is 39.0. The fraction of sp³-hybridized carbons (Fsp3) is 0.889. The van der Waals surface area contributed by atoms with Crippen LogP contribution >= 0.6 is 0 Å². The van der Waals surface area contributed by atoms with Crippen LogP contribution in [0.3, 0.4) is 0 Å². The summed E-state index contributed by atoms with van der Waals surface area (Å²) < 4.78 is 5.99. The van der Waals surface area contributed by atoms with E-state index in [1.165, 1.54) is 6.42 Å². The van der Waals surface area contributed by atoms with Crippen LogP contribution < -0.4 is 10.6 Å². The summed E-state index contributed by atoms with van der Waals surface area (Å²) in [6.45, 7) is 8.27. The first-order valence-electron chi connectivity index (χ1n) is 9.16. The molecule has 2 N–H and O–H groups in total. The highest BCUT2D eigenvalue weighted by Crippen LogP contribution is 2.51. The van der Waals surface area contributed by atoms with Gasteiger partial charge < -0.3 is 15.4 Å². The third-order valence-electron chi connectivity index (χ3n) is 5.94. The molecule has 0 radical (unpaired) electrons. The van der Waals surface area contributed by atoms with Crippen molar-refractivity contribution >= 4 is 5.96 Å². The average molecular weight is 318 g/mol. The molecule has 0 bridgehead atoms. The molecule has 0 amide bonds. The van der Waals surface area contributed by atoms with Crippen molar-refractivity contribution in [3.8, 4) is 6.07 Å². The molecule has 3 fully saturated rings. The van der Waals surface area contributed by atoms with Crippen LogP contribution in [-0.2, 0) is 4.74 Å². The fourth-order valence-corrected chi connectivity index (χ4v) is 4.72. The standard InChI is InChI=1S/C18H30N4O/c1-4-20-17(21-14-9-5-7-12(14)11-19)22-15-13-8-6-10-23-16(13)18(15,2)3/h12-16H,4-10H2,1-3H3,(H2,20,21,22). The molecular weight excluding hydrogens is 288 g/mol. The zero-order valence-electron chi connectivity index (χ0n) is 14.6. The maximum atomic E-state index is 9.29. The highest BCUT2D eigenvalue weighted by Gasteiger charge is 2.58. The van der Waals surface area contributed by atoms with E-state index >= 15 is 0 Å². The molecule has 5 heteroatoms. The quantitative estimate of drug-likeness (QED) is 0.619. The van der Waals surface area contributed by atoms with Crippen LogP contribution in [0.2, 0.25) is 0 Å². The Hall–Kier alpha value is -1.28. The van der Waals surface area contributed by atoms with Crippen molar-refractivity contribution in [2.45, 2.75) is 71.1 Å². The highest BCUT2D eigenvalue weighted by molar-refractivity contribution is 5.81. The number of rotatable bonds is 3. The number of fused-ring (bicyclic) bond motifs is 1. The van der Waals surface area contributed by atoms with Gasteiger partial charge in [0.15, 0.2) is 5.96 Å². The van der Waals surface area contributed by atoms with E-state index in [9.17, 15) is 5.26 Å². The molecule has 23 heavy (non-hydrogen) atoms. The summed E-state index contributed by atoms with van der Waals surface area (Å²) in [6.07, 6.45) is 5.95. The monoisotopic (exact) mass is 318 g/mol. The van der Waals surface area contributed by atoms with E-state index in [1.807, 2.05) is 0 Å². The van der Waals surface area contributed by atoms with Crippen LogP contribution in [0.4, 0.5) is 0 Å². The third-order valence-corrected chi connectivity index (χ3v) is 5.94. The average Bonchev–Trinajstić information content (AvgIpc) is 3.00. The zero-order chi connectivity index (χ0) is 16.4. The fourth-order valence-electron chi connectivity index (χ4n) is 4.72. The Morgan fingerprint density at radius 1 is 1.26 bits per heavy atom. The largest absolute Gasteiger partial charge is 0.377 e. The van der Waals surface area contributed by atoms with Crippen LogP contribution in [0.25, 0.3) is 0 Å². The number of guanidine groups is 1. The van der Waals surface area contributed by atoms with E-state index in [0.29, 0.717) is 18.1 Å². The summed E-state index contributed by atoms with van der Waals surface area (Å²) in [7, 11) is 0. The molecule has 0 aromatic rings. The number of hydrogen-bond acceptors (Lipinski definition) is 3. The Labute approximate surface area is 139 Å².